The first-order chi connectivity index (χ1) is 13.0. The average Bonchev–Trinajstić information content (AvgIpc) is 2.97. The van der Waals surface area contributed by atoms with Crippen molar-refractivity contribution < 1.29 is 17.9 Å². The Bertz CT molecular complexity index is 896. The molecule has 1 aliphatic heterocycles. The van der Waals surface area contributed by atoms with Crippen LogP contribution >= 0.6 is 12.4 Å². The van der Waals surface area contributed by atoms with Crippen LogP contribution in [0.1, 0.15) is 16.8 Å². The van der Waals surface area contributed by atoms with Crippen LogP contribution in [0.15, 0.2) is 53.4 Å². The zero-order valence-corrected chi connectivity index (χ0v) is 17.2. The number of nitrogens with zero attached hydrogens (tertiary/aromatic N) is 1. The van der Waals surface area contributed by atoms with Crippen LogP contribution in [0.4, 0.5) is 5.69 Å². The molecule has 152 valence electrons. The molecule has 0 aromatic heterocycles. The van der Waals surface area contributed by atoms with E-state index in [4.69, 9.17) is 4.74 Å². The molecule has 0 aliphatic carbocycles. The Kier molecular flexibility index (Phi) is 7.68. The summed E-state index contributed by atoms with van der Waals surface area (Å²) in [6.45, 7) is 3.01. The topological polar surface area (TPSA) is 87.7 Å². The number of nitrogens with one attached hydrogen (secondary N) is 2. The van der Waals surface area contributed by atoms with Gasteiger partial charge in [-0.1, -0.05) is 12.1 Å². The molecule has 0 bridgehead atoms. The Hall–Kier alpha value is -2.29. The van der Waals surface area contributed by atoms with Crippen LogP contribution in [0.3, 0.4) is 0 Å². The second-order valence-electron chi connectivity index (χ2n) is 6.23. The fourth-order valence-corrected chi connectivity index (χ4v) is 4.01. The largest absolute Gasteiger partial charge is 0.495 e. The first-order valence-electron chi connectivity index (χ1n) is 8.77. The van der Waals surface area contributed by atoms with Crippen LogP contribution in [0, 0.1) is 0 Å². The molecule has 0 spiro atoms. The van der Waals surface area contributed by atoms with Crippen molar-refractivity contribution in [2.45, 2.75) is 11.3 Å². The van der Waals surface area contributed by atoms with Gasteiger partial charge in [-0.05, 0) is 49.4 Å². The summed E-state index contributed by atoms with van der Waals surface area (Å²) in [6.07, 6.45) is 0.904. The molecule has 2 aromatic carbocycles. The van der Waals surface area contributed by atoms with Crippen LogP contribution < -0.4 is 14.8 Å². The molecule has 0 saturated carbocycles. The molecule has 1 amide bonds. The van der Waals surface area contributed by atoms with E-state index in [0.717, 1.165) is 19.5 Å². The van der Waals surface area contributed by atoms with Crippen molar-refractivity contribution in [3.8, 4) is 5.75 Å². The molecule has 9 heteroatoms. The van der Waals surface area contributed by atoms with E-state index < -0.39 is 10.0 Å². The van der Waals surface area contributed by atoms with Crippen LogP contribution in [0.25, 0.3) is 0 Å². The van der Waals surface area contributed by atoms with Crippen LogP contribution in [0.2, 0.25) is 0 Å². The van der Waals surface area contributed by atoms with Gasteiger partial charge in [-0.2, -0.15) is 0 Å². The number of para-hydroxylation sites is 2. The normalized spacial score (nSPS) is 14.5. The monoisotopic (exact) mass is 425 g/mol. The van der Waals surface area contributed by atoms with Gasteiger partial charge in [0.1, 0.15) is 5.75 Å². The summed E-state index contributed by atoms with van der Waals surface area (Å²) in [5, 5.41) is 3.25. The number of sulfonamides is 1. The second-order valence-corrected chi connectivity index (χ2v) is 7.91. The van der Waals surface area contributed by atoms with E-state index in [2.05, 4.69) is 10.0 Å². The first kappa shape index (κ1) is 22.0. The first-order valence-corrected chi connectivity index (χ1v) is 10.3. The van der Waals surface area contributed by atoms with E-state index in [0.29, 0.717) is 30.1 Å². The predicted molar refractivity (Wildman–Crippen MR) is 111 cm³/mol. The van der Waals surface area contributed by atoms with Crippen molar-refractivity contribution in [3.63, 3.8) is 0 Å². The summed E-state index contributed by atoms with van der Waals surface area (Å²) in [5.41, 5.74) is 0.838. The highest BCUT2D eigenvalue weighted by Crippen LogP contribution is 2.26. The van der Waals surface area contributed by atoms with Crippen LogP contribution in [0.5, 0.6) is 5.75 Å². The average molecular weight is 426 g/mol. The molecule has 3 rings (SSSR count). The minimum atomic E-state index is -3.78. The van der Waals surface area contributed by atoms with Crippen molar-refractivity contribution in [1.29, 1.82) is 0 Å². The lowest BCUT2D eigenvalue weighted by atomic mass is 10.2. The van der Waals surface area contributed by atoms with Gasteiger partial charge in [0.25, 0.3) is 15.9 Å². The Labute approximate surface area is 171 Å². The third-order valence-electron chi connectivity index (χ3n) is 4.39. The molecule has 1 fully saturated rings. The molecule has 1 saturated heterocycles. The molecular formula is C19H24ClN3O4S. The number of halogens is 1. The van der Waals surface area contributed by atoms with Crippen LogP contribution in [-0.4, -0.2) is 52.5 Å². The summed E-state index contributed by atoms with van der Waals surface area (Å²) >= 11 is 0. The van der Waals surface area contributed by atoms with Crippen molar-refractivity contribution in [1.82, 2.24) is 10.2 Å². The maximum atomic E-state index is 12.6. The SMILES string of the molecule is COc1ccccc1NS(=O)(=O)c1ccc(C(=O)N2CCCNCC2)cc1.Cl. The number of hydrogen-bond donors (Lipinski definition) is 2. The number of ether oxygens (including phenoxy) is 1. The highest BCUT2D eigenvalue weighted by molar-refractivity contribution is 7.92. The summed E-state index contributed by atoms with van der Waals surface area (Å²) in [6, 6.07) is 12.8. The predicted octanol–water partition coefficient (Wildman–Crippen LogP) is 2.35. The van der Waals surface area contributed by atoms with Gasteiger partial charge in [-0.15, -0.1) is 12.4 Å². The number of methoxy groups -OCH3 is 1. The maximum Gasteiger partial charge on any atom is 0.262 e. The van der Waals surface area contributed by atoms with Crippen molar-refractivity contribution in [2.75, 3.05) is 38.0 Å². The molecule has 28 heavy (non-hydrogen) atoms. The molecule has 0 unspecified atom stereocenters. The fraction of sp³-hybridized carbons (Fsp3) is 0.316. The number of carbonyl (C=O) groups is 1. The van der Waals surface area contributed by atoms with Crippen LogP contribution in [-0.2, 0) is 10.0 Å². The van der Waals surface area contributed by atoms with Gasteiger partial charge in [0.05, 0.1) is 17.7 Å². The fourth-order valence-electron chi connectivity index (χ4n) is 2.94. The van der Waals surface area contributed by atoms with Gasteiger partial charge in [-0.3, -0.25) is 9.52 Å². The molecule has 0 atom stereocenters. The van der Waals surface area contributed by atoms with Crippen molar-refractivity contribution in [3.05, 3.63) is 54.1 Å². The van der Waals surface area contributed by atoms with Crippen molar-refractivity contribution in [2.24, 2.45) is 0 Å². The summed E-state index contributed by atoms with van der Waals surface area (Å²) in [7, 11) is -2.31. The van der Waals surface area contributed by atoms with Gasteiger partial charge in [0.2, 0.25) is 0 Å². The number of rotatable bonds is 5. The molecular weight excluding hydrogens is 402 g/mol. The lowest BCUT2D eigenvalue weighted by molar-refractivity contribution is 0.0766. The number of anilines is 1. The zero-order valence-electron chi connectivity index (χ0n) is 15.6. The number of amides is 1. The van der Waals surface area contributed by atoms with Crippen molar-refractivity contribution >= 4 is 34.0 Å². The molecule has 2 N–H and O–H groups in total. The molecule has 1 heterocycles. The third-order valence-corrected chi connectivity index (χ3v) is 5.77. The lowest BCUT2D eigenvalue weighted by Crippen LogP contribution is -2.34. The van der Waals surface area contributed by atoms with E-state index in [1.54, 1.807) is 41.3 Å². The van der Waals surface area contributed by atoms with Gasteiger partial charge < -0.3 is 15.0 Å². The Morgan fingerprint density at radius 2 is 1.79 bits per heavy atom. The minimum Gasteiger partial charge on any atom is -0.495 e. The van der Waals surface area contributed by atoms with E-state index >= 15 is 0 Å². The number of carbonyl (C=O) groups excluding carboxylic acids is 1. The van der Waals surface area contributed by atoms with E-state index in [1.807, 2.05) is 0 Å². The summed E-state index contributed by atoms with van der Waals surface area (Å²) in [5.74, 6) is 0.350. The van der Waals surface area contributed by atoms with E-state index in [-0.39, 0.29) is 23.2 Å². The minimum absolute atomic E-state index is 0. The van der Waals surface area contributed by atoms with Gasteiger partial charge in [0, 0.05) is 25.2 Å². The zero-order chi connectivity index (χ0) is 19.3. The quantitative estimate of drug-likeness (QED) is 0.767. The molecule has 1 aliphatic rings. The second kappa shape index (κ2) is 9.77. The number of hydrogen-bond acceptors (Lipinski definition) is 5. The molecule has 0 radical (unpaired) electrons. The Morgan fingerprint density at radius 1 is 1.07 bits per heavy atom. The van der Waals surface area contributed by atoms with Gasteiger partial charge in [0.15, 0.2) is 0 Å². The molecule has 2 aromatic rings. The third kappa shape index (κ3) is 5.15. The highest BCUT2D eigenvalue weighted by Gasteiger charge is 2.20. The summed E-state index contributed by atoms with van der Waals surface area (Å²) in [4.78, 5) is 14.5. The highest BCUT2D eigenvalue weighted by atomic mass is 35.5. The summed E-state index contributed by atoms with van der Waals surface area (Å²) < 4.78 is 32.9. The Balaban J connectivity index is 0.00000280. The van der Waals surface area contributed by atoms with Gasteiger partial charge >= 0.3 is 0 Å². The van der Waals surface area contributed by atoms with Gasteiger partial charge in [-0.25, -0.2) is 8.42 Å². The maximum absolute atomic E-state index is 12.6. The molecule has 7 nitrogen and oxygen atoms in total. The lowest BCUT2D eigenvalue weighted by Gasteiger charge is -2.20. The standard InChI is InChI=1S/C19H23N3O4S.ClH/c1-26-18-6-3-2-5-17(18)21-27(24,25)16-9-7-15(8-10-16)19(23)22-13-4-11-20-12-14-22;/h2-3,5-10,20-21H,4,11-14H2,1H3;1H. The Morgan fingerprint density at radius 3 is 2.50 bits per heavy atom. The number of benzene rings is 2. The van der Waals surface area contributed by atoms with E-state index in [1.165, 1.54) is 19.2 Å². The smallest absolute Gasteiger partial charge is 0.262 e. The van der Waals surface area contributed by atoms with E-state index in [9.17, 15) is 13.2 Å².